The zero-order chi connectivity index (χ0) is 18.1. The molecule has 1 aromatic carbocycles. The summed E-state index contributed by atoms with van der Waals surface area (Å²) in [7, 11) is 0. The molecule has 1 fully saturated rings. The largest absolute Gasteiger partial charge is 0.433 e. The second-order valence-electron chi connectivity index (χ2n) is 5.68. The number of benzene rings is 1. The van der Waals surface area contributed by atoms with Crippen LogP contribution < -0.4 is 20.3 Å². The van der Waals surface area contributed by atoms with Gasteiger partial charge in [-0.25, -0.2) is 0 Å². The van der Waals surface area contributed by atoms with E-state index in [1.165, 1.54) is 0 Å². The van der Waals surface area contributed by atoms with Crippen molar-refractivity contribution in [2.45, 2.75) is 26.0 Å². The van der Waals surface area contributed by atoms with E-state index >= 15 is 0 Å². The standard InChI is InChI=1S/C17H26F2N4OS/c1-3-20-17(21-9-11-25-2)22-13-8-10-23(12-13)14-6-4-5-7-15(14)24-16(18)19/h4-7,13,16H,3,8-12H2,1-2H3,(H2,20,21,22). The third-order valence-corrected chi connectivity index (χ3v) is 4.45. The minimum atomic E-state index is -2.82. The molecule has 1 unspecified atom stereocenters. The van der Waals surface area contributed by atoms with E-state index in [9.17, 15) is 8.78 Å². The van der Waals surface area contributed by atoms with Gasteiger partial charge in [-0.05, 0) is 31.7 Å². The lowest BCUT2D eigenvalue weighted by atomic mass is 10.2. The summed E-state index contributed by atoms with van der Waals surface area (Å²) in [4.78, 5) is 6.62. The Morgan fingerprint density at radius 3 is 2.96 bits per heavy atom. The Hall–Kier alpha value is -1.70. The van der Waals surface area contributed by atoms with E-state index in [1.54, 1.807) is 23.9 Å². The van der Waals surface area contributed by atoms with Crippen molar-refractivity contribution in [2.75, 3.05) is 43.1 Å². The average molecular weight is 372 g/mol. The normalized spacial score (nSPS) is 17.9. The summed E-state index contributed by atoms with van der Waals surface area (Å²) in [5.41, 5.74) is 0.705. The molecule has 1 heterocycles. The number of thioether (sulfide) groups is 1. The summed E-state index contributed by atoms with van der Waals surface area (Å²) in [6.07, 6.45) is 2.97. The van der Waals surface area contributed by atoms with Crippen LogP contribution in [0.15, 0.2) is 29.3 Å². The Morgan fingerprint density at radius 2 is 2.24 bits per heavy atom. The van der Waals surface area contributed by atoms with Crippen LogP contribution >= 0.6 is 11.8 Å². The number of hydrogen-bond acceptors (Lipinski definition) is 4. The van der Waals surface area contributed by atoms with Crippen molar-refractivity contribution in [1.82, 2.24) is 10.6 Å². The number of hydrogen-bond donors (Lipinski definition) is 2. The summed E-state index contributed by atoms with van der Waals surface area (Å²) < 4.78 is 29.8. The number of ether oxygens (including phenoxy) is 1. The molecule has 0 radical (unpaired) electrons. The first-order valence-corrected chi connectivity index (χ1v) is 9.86. The SMILES string of the molecule is CCNC(=NCCSC)NC1CCN(c2ccccc2OC(F)F)C1. The van der Waals surface area contributed by atoms with Gasteiger partial charge in [-0.15, -0.1) is 0 Å². The Bertz CT molecular complexity index is 559. The fourth-order valence-electron chi connectivity index (χ4n) is 2.77. The lowest BCUT2D eigenvalue weighted by molar-refractivity contribution is -0.0495. The highest BCUT2D eigenvalue weighted by atomic mass is 32.2. The molecular weight excluding hydrogens is 346 g/mol. The summed E-state index contributed by atoms with van der Waals surface area (Å²) in [6, 6.07) is 7.15. The molecule has 0 bridgehead atoms. The van der Waals surface area contributed by atoms with E-state index in [2.05, 4.69) is 31.5 Å². The van der Waals surface area contributed by atoms with Crippen LogP contribution in [-0.2, 0) is 0 Å². The molecule has 2 N–H and O–H groups in total. The van der Waals surface area contributed by atoms with Gasteiger partial charge in [0.15, 0.2) is 5.96 Å². The summed E-state index contributed by atoms with van der Waals surface area (Å²) in [6.45, 7) is 2.28. The van der Waals surface area contributed by atoms with Crippen molar-refractivity contribution in [3.63, 3.8) is 0 Å². The molecule has 8 heteroatoms. The Balaban J connectivity index is 1.97. The van der Waals surface area contributed by atoms with Crippen LogP contribution in [0, 0.1) is 0 Å². The van der Waals surface area contributed by atoms with Crippen molar-refractivity contribution in [2.24, 2.45) is 4.99 Å². The van der Waals surface area contributed by atoms with Crippen LogP contribution in [0.25, 0.3) is 0 Å². The van der Waals surface area contributed by atoms with Gasteiger partial charge in [0.2, 0.25) is 0 Å². The number of guanidine groups is 1. The molecule has 1 aliphatic rings. The minimum absolute atomic E-state index is 0.215. The monoisotopic (exact) mass is 372 g/mol. The maximum absolute atomic E-state index is 12.6. The number of alkyl halides is 2. The molecule has 0 spiro atoms. The van der Waals surface area contributed by atoms with E-state index in [-0.39, 0.29) is 11.8 Å². The molecule has 2 rings (SSSR count). The number of rotatable bonds is 8. The van der Waals surface area contributed by atoms with Crippen molar-refractivity contribution in [3.05, 3.63) is 24.3 Å². The Morgan fingerprint density at radius 1 is 1.44 bits per heavy atom. The highest BCUT2D eigenvalue weighted by Gasteiger charge is 2.25. The van der Waals surface area contributed by atoms with Gasteiger partial charge in [-0.1, -0.05) is 12.1 Å². The Labute approximate surface area is 152 Å². The van der Waals surface area contributed by atoms with E-state index in [4.69, 9.17) is 0 Å². The lowest BCUT2D eigenvalue weighted by Gasteiger charge is -2.22. The smallest absolute Gasteiger partial charge is 0.387 e. The van der Waals surface area contributed by atoms with Gasteiger partial charge >= 0.3 is 6.61 Å². The van der Waals surface area contributed by atoms with Crippen LogP contribution in [-0.4, -0.2) is 56.8 Å². The van der Waals surface area contributed by atoms with Gasteiger partial charge in [0.1, 0.15) is 5.75 Å². The van der Waals surface area contributed by atoms with Gasteiger partial charge in [-0.3, -0.25) is 4.99 Å². The third kappa shape index (κ3) is 6.26. The predicted octanol–water partition coefficient (Wildman–Crippen LogP) is 2.78. The topological polar surface area (TPSA) is 48.9 Å². The summed E-state index contributed by atoms with van der Waals surface area (Å²) in [5.74, 6) is 2.00. The Kier molecular flexibility index (Phi) is 8.11. The minimum Gasteiger partial charge on any atom is -0.433 e. The molecule has 0 aliphatic carbocycles. The first-order chi connectivity index (χ1) is 12.1. The van der Waals surface area contributed by atoms with Crippen LogP contribution in [0.4, 0.5) is 14.5 Å². The first-order valence-electron chi connectivity index (χ1n) is 8.46. The predicted molar refractivity (Wildman–Crippen MR) is 101 cm³/mol. The zero-order valence-electron chi connectivity index (χ0n) is 14.7. The van der Waals surface area contributed by atoms with E-state index in [0.717, 1.165) is 44.3 Å². The van der Waals surface area contributed by atoms with Crippen molar-refractivity contribution < 1.29 is 13.5 Å². The van der Waals surface area contributed by atoms with Gasteiger partial charge in [-0.2, -0.15) is 20.5 Å². The van der Waals surface area contributed by atoms with Gasteiger partial charge in [0.25, 0.3) is 0 Å². The quantitative estimate of drug-likeness (QED) is 0.417. The van der Waals surface area contributed by atoms with E-state index in [0.29, 0.717) is 5.69 Å². The fourth-order valence-corrected chi connectivity index (χ4v) is 3.05. The second kappa shape index (κ2) is 10.3. The molecule has 0 amide bonds. The van der Waals surface area contributed by atoms with Crippen LogP contribution in [0.2, 0.25) is 0 Å². The number of anilines is 1. The number of aliphatic imine (C=N–C) groups is 1. The van der Waals surface area contributed by atoms with Crippen LogP contribution in [0.5, 0.6) is 5.75 Å². The highest BCUT2D eigenvalue weighted by molar-refractivity contribution is 7.98. The maximum atomic E-state index is 12.6. The molecule has 0 saturated carbocycles. The molecule has 1 atom stereocenters. The molecule has 5 nitrogen and oxygen atoms in total. The fraction of sp³-hybridized carbons (Fsp3) is 0.588. The van der Waals surface area contributed by atoms with E-state index in [1.807, 2.05) is 19.1 Å². The molecule has 0 aromatic heterocycles. The first kappa shape index (κ1) is 19.6. The van der Waals surface area contributed by atoms with Crippen LogP contribution in [0.3, 0.4) is 0 Å². The molecule has 1 aliphatic heterocycles. The van der Waals surface area contributed by atoms with Crippen molar-refractivity contribution >= 4 is 23.4 Å². The summed E-state index contributed by atoms with van der Waals surface area (Å²) >= 11 is 1.76. The van der Waals surface area contributed by atoms with Crippen molar-refractivity contribution in [3.8, 4) is 5.75 Å². The average Bonchev–Trinajstić information content (AvgIpc) is 3.03. The molecule has 1 saturated heterocycles. The second-order valence-corrected chi connectivity index (χ2v) is 6.66. The number of para-hydroxylation sites is 2. The lowest BCUT2D eigenvalue weighted by Crippen LogP contribution is -2.44. The molecular formula is C17H26F2N4OS. The highest BCUT2D eigenvalue weighted by Crippen LogP contribution is 2.31. The molecule has 140 valence electrons. The van der Waals surface area contributed by atoms with Gasteiger partial charge in [0, 0.05) is 31.4 Å². The van der Waals surface area contributed by atoms with Gasteiger partial charge < -0.3 is 20.3 Å². The van der Waals surface area contributed by atoms with E-state index < -0.39 is 6.61 Å². The maximum Gasteiger partial charge on any atom is 0.387 e. The molecule has 1 aromatic rings. The number of halogens is 2. The van der Waals surface area contributed by atoms with Crippen molar-refractivity contribution in [1.29, 1.82) is 0 Å². The summed E-state index contributed by atoms with van der Waals surface area (Å²) in [5, 5.41) is 6.68. The number of nitrogens with zero attached hydrogens (tertiary/aromatic N) is 2. The van der Waals surface area contributed by atoms with Crippen LogP contribution in [0.1, 0.15) is 13.3 Å². The third-order valence-electron chi connectivity index (χ3n) is 3.86. The zero-order valence-corrected chi connectivity index (χ0v) is 15.5. The number of nitrogens with one attached hydrogen (secondary N) is 2. The molecule has 25 heavy (non-hydrogen) atoms. The van der Waals surface area contributed by atoms with Gasteiger partial charge in [0.05, 0.1) is 12.2 Å².